The van der Waals surface area contributed by atoms with E-state index in [-0.39, 0.29) is 34.9 Å². The zero-order valence-corrected chi connectivity index (χ0v) is 24.1. The van der Waals surface area contributed by atoms with Crippen molar-refractivity contribution in [3.63, 3.8) is 0 Å². The zero-order chi connectivity index (χ0) is 30.1. The highest BCUT2D eigenvalue weighted by Gasteiger charge is 2.34. The van der Waals surface area contributed by atoms with Crippen LogP contribution < -0.4 is 11.1 Å². The highest BCUT2D eigenvalue weighted by molar-refractivity contribution is 6.23. The third kappa shape index (κ3) is 8.23. The zero-order valence-electron chi connectivity index (χ0n) is 24.1. The van der Waals surface area contributed by atoms with Crippen molar-refractivity contribution in [2.45, 2.75) is 65.0 Å². The van der Waals surface area contributed by atoms with Crippen LogP contribution in [0.5, 0.6) is 0 Å². The minimum atomic E-state index is -1.00. The number of fused-ring (bicyclic) bond motifs is 2. The second-order valence-corrected chi connectivity index (χ2v) is 10.1. The summed E-state index contributed by atoms with van der Waals surface area (Å²) in [4.78, 5) is 50.6. The number of primary amides is 1. The van der Waals surface area contributed by atoms with Gasteiger partial charge in [-0.3, -0.25) is 14.4 Å². The van der Waals surface area contributed by atoms with E-state index < -0.39 is 53.9 Å². The van der Waals surface area contributed by atoms with E-state index in [1.54, 1.807) is 32.1 Å². The lowest BCUT2D eigenvalue weighted by molar-refractivity contribution is -0.120. The molecular formula is C29H40N2O9. The Balaban J connectivity index is 2.60. The Kier molecular flexibility index (Phi) is 12.0. The Morgan fingerprint density at radius 2 is 1.77 bits per heavy atom. The lowest BCUT2D eigenvalue weighted by atomic mass is 9.85. The molecule has 2 unspecified atom stereocenters. The number of hydrogen-bond donors (Lipinski definition) is 3. The number of allylic oxidation sites excluding steroid dienone is 4. The summed E-state index contributed by atoms with van der Waals surface area (Å²) in [5.74, 6) is -2.39. The quantitative estimate of drug-likeness (QED) is 0.346. The van der Waals surface area contributed by atoms with Crippen molar-refractivity contribution in [2.75, 3.05) is 21.3 Å². The predicted molar refractivity (Wildman–Crippen MR) is 147 cm³/mol. The molecular weight excluding hydrogens is 520 g/mol. The first-order valence-electron chi connectivity index (χ1n) is 13.0. The van der Waals surface area contributed by atoms with Crippen LogP contribution in [-0.2, 0) is 33.3 Å². The van der Waals surface area contributed by atoms with Gasteiger partial charge in [-0.15, -0.1) is 0 Å². The van der Waals surface area contributed by atoms with Crippen molar-refractivity contribution in [1.82, 2.24) is 5.32 Å². The van der Waals surface area contributed by atoms with Gasteiger partial charge in [-0.2, -0.15) is 0 Å². The van der Waals surface area contributed by atoms with E-state index in [4.69, 9.17) is 24.7 Å². The van der Waals surface area contributed by atoms with Crippen LogP contribution in [0.25, 0.3) is 0 Å². The van der Waals surface area contributed by atoms with Gasteiger partial charge in [0.15, 0.2) is 11.9 Å². The number of ether oxygens (including phenoxy) is 4. The molecule has 2 aliphatic rings. The standard InChI is InChI=1S/C29H40N2O9/c1-15-11-19-25(34)20(14-21(32)27(19)39-7)31-28(35)16(2)9-8-10-22(37-5)26(40-29(30)36)18(4)13-17(3)24(33)23(12-15)38-6/h8-10,13-15,17,22-24,26,33H,11-12H2,1-7H3,(H2,30,36)(H,31,35)/b10-8-,16-9+,18-13+/t15?,17?,22-,23-,24+,26-/m0/s1. The van der Waals surface area contributed by atoms with Crippen molar-refractivity contribution >= 4 is 23.6 Å². The fourth-order valence-electron chi connectivity index (χ4n) is 4.78. The number of carbonyl (C=O) groups is 4. The van der Waals surface area contributed by atoms with Crippen molar-refractivity contribution in [3.8, 4) is 0 Å². The molecule has 0 spiro atoms. The first-order valence-corrected chi connectivity index (χ1v) is 13.0. The molecule has 1 heterocycles. The Morgan fingerprint density at radius 3 is 2.35 bits per heavy atom. The molecule has 6 atom stereocenters. The molecule has 1 aliphatic heterocycles. The number of hydrogen-bond acceptors (Lipinski definition) is 9. The summed E-state index contributed by atoms with van der Waals surface area (Å²) in [5, 5.41) is 13.7. The van der Waals surface area contributed by atoms with E-state index in [0.717, 1.165) is 6.08 Å². The molecule has 0 saturated heterocycles. The average molecular weight is 561 g/mol. The number of carbonyl (C=O) groups excluding carboxylic acids is 4. The normalized spacial score (nSPS) is 32.7. The number of amides is 2. The van der Waals surface area contributed by atoms with Crippen LogP contribution >= 0.6 is 0 Å². The molecule has 11 nitrogen and oxygen atoms in total. The Labute approximate surface area is 234 Å². The second kappa shape index (κ2) is 14.7. The van der Waals surface area contributed by atoms with Gasteiger partial charge in [0.05, 0.1) is 25.0 Å². The van der Waals surface area contributed by atoms with E-state index >= 15 is 0 Å². The Bertz CT molecular complexity index is 1150. The average Bonchev–Trinajstić information content (AvgIpc) is 2.90. The van der Waals surface area contributed by atoms with Crippen LogP contribution in [0.1, 0.15) is 40.5 Å². The van der Waals surface area contributed by atoms with Crippen molar-refractivity contribution in [1.29, 1.82) is 0 Å². The van der Waals surface area contributed by atoms with E-state index in [1.165, 1.54) is 34.3 Å². The molecule has 40 heavy (non-hydrogen) atoms. The van der Waals surface area contributed by atoms with Gasteiger partial charge in [0.1, 0.15) is 6.10 Å². The monoisotopic (exact) mass is 560 g/mol. The smallest absolute Gasteiger partial charge is 0.405 e. The number of aliphatic hydroxyl groups excluding tert-OH is 1. The van der Waals surface area contributed by atoms with Crippen LogP contribution in [-0.4, -0.2) is 74.4 Å². The molecule has 2 rings (SSSR count). The largest absolute Gasteiger partial charge is 0.492 e. The summed E-state index contributed by atoms with van der Waals surface area (Å²) in [7, 11) is 4.21. The van der Waals surface area contributed by atoms with Crippen LogP contribution in [0.15, 0.2) is 58.6 Å². The molecule has 0 fully saturated rings. The molecule has 2 amide bonds. The third-order valence-electron chi connectivity index (χ3n) is 6.95. The molecule has 0 saturated carbocycles. The van der Waals surface area contributed by atoms with Crippen molar-refractivity contribution < 1.29 is 43.2 Å². The molecule has 4 N–H and O–H groups in total. The van der Waals surface area contributed by atoms with Crippen LogP contribution in [0.2, 0.25) is 0 Å². The Morgan fingerprint density at radius 1 is 1.10 bits per heavy atom. The van der Waals surface area contributed by atoms with Gasteiger partial charge < -0.3 is 35.1 Å². The highest BCUT2D eigenvalue weighted by atomic mass is 16.6. The van der Waals surface area contributed by atoms with E-state index in [1.807, 2.05) is 6.92 Å². The lowest BCUT2D eigenvalue weighted by Crippen LogP contribution is -2.37. The van der Waals surface area contributed by atoms with Gasteiger partial charge in [-0.05, 0) is 38.2 Å². The first kappa shape index (κ1) is 32.7. The summed E-state index contributed by atoms with van der Waals surface area (Å²) in [6, 6.07) is 0. The van der Waals surface area contributed by atoms with Gasteiger partial charge in [0, 0.05) is 37.4 Å². The summed E-state index contributed by atoms with van der Waals surface area (Å²) in [6.45, 7) is 6.92. The lowest BCUT2D eigenvalue weighted by Gasteiger charge is -2.29. The molecule has 2 bridgehead atoms. The van der Waals surface area contributed by atoms with Gasteiger partial charge >= 0.3 is 6.09 Å². The van der Waals surface area contributed by atoms with Crippen LogP contribution in [0, 0.1) is 11.8 Å². The molecule has 11 heteroatoms. The number of nitrogens with two attached hydrogens (primary N) is 1. The number of aliphatic hydroxyl groups is 1. The number of methoxy groups -OCH3 is 3. The molecule has 0 aromatic rings. The van der Waals surface area contributed by atoms with Gasteiger partial charge in [-0.1, -0.05) is 38.2 Å². The van der Waals surface area contributed by atoms with Gasteiger partial charge in [0.25, 0.3) is 5.91 Å². The topological polar surface area (TPSA) is 163 Å². The fraction of sp³-hybridized carbons (Fsp3) is 0.517. The van der Waals surface area contributed by atoms with Gasteiger partial charge in [-0.25, -0.2) is 4.79 Å². The first-order chi connectivity index (χ1) is 18.8. The minimum absolute atomic E-state index is 0.0801. The van der Waals surface area contributed by atoms with E-state index in [2.05, 4.69) is 5.32 Å². The predicted octanol–water partition coefficient (Wildman–Crippen LogP) is 2.41. The Hall–Kier alpha value is -3.54. The second-order valence-electron chi connectivity index (χ2n) is 10.1. The fourth-order valence-corrected chi connectivity index (χ4v) is 4.78. The maximum Gasteiger partial charge on any atom is 0.405 e. The van der Waals surface area contributed by atoms with E-state index in [0.29, 0.717) is 12.0 Å². The summed E-state index contributed by atoms with van der Waals surface area (Å²) < 4.78 is 21.7. The molecule has 220 valence electrons. The SMILES string of the molecule is COC1=C2CC(C)C[C@H](OC)[C@H](O)C(C)/C=C(\C)[C@H](OC(N)=O)[C@@H](OC)/C=C\C=C(/C)C(=O)NC(=CC1=O)C2=O. The third-order valence-corrected chi connectivity index (χ3v) is 6.95. The number of nitrogens with one attached hydrogen (secondary N) is 1. The summed E-state index contributed by atoms with van der Waals surface area (Å²) in [6.07, 6.45) is 3.61. The maximum absolute atomic E-state index is 13.3. The molecule has 0 aromatic heterocycles. The maximum atomic E-state index is 13.3. The molecule has 0 aromatic carbocycles. The van der Waals surface area contributed by atoms with Crippen molar-refractivity contribution in [3.05, 3.63) is 58.6 Å². The van der Waals surface area contributed by atoms with Crippen LogP contribution in [0.3, 0.4) is 0 Å². The number of ketones is 2. The summed E-state index contributed by atoms with van der Waals surface area (Å²) in [5.41, 5.74) is 6.12. The van der Waals surface area contributed by atoms with Gasteiger partial charge in [0.2, 0.25) is 11.6 Å². The number of Topliss-reactive ketones (excluding diaryl/α,β-unsaturated/α-hetero) is 1. The highest BCUT2D eigenvalue weighted by Crippen LogP contribution is 2.29. The van der Waals surface area contributed by atoms with E-state index in [9.17, 15) is 24.3 Å². The molecule has 0 radical (unpaired) electrons. The van der Waals surface area contributed by atoms with Crippen LogP contribution in [0.4, 0.5) is 4.79 Å². The minimum Gasteiger partial charge on any atom is -0.492 e. The van der Waals surface area contributed by atoms with Crippen molar-refractivity contribution in [2.24, 2.45) is 17.6 Å². The summed E-state index contributed by atoms with van der Waals surface area (Å²) >= 11 is 0. The molecule has 1 aliphatic carbocycles. The number of rotatable bonds is 4.